The zero-order chi connectivity index (χ0) is 14.3. The molecule has 2 amide bonds. The summed E-state index contributed by atoms with van der Waals surface area (Å²) in [7, 11) is 0. The summed E-state index contributed by atoms with van der Waals surface area (Å²) in [5, 5.41) is 0. The first-order chi connectivity index (χ1) is 7.96. The van der Waals surface area contributed by atoms with Crippen molar-refractivity contribution in [2.24, 2.45) is 5.73 Å². The van der Waals surface area contributed by atoms with Crippen LogP contribution < -0.4 is 5.73 Å². The van der Waals surface area contributed by atoms with E-state index in [-0.39, 0.29) is 0 Å². The highest BCUT2D eigenvalue weighted by atomic mass is 16.6. The van der Waals surface area contributed by atoms with Crippen molar-refractivity contribution in [3.63, 3.8) is 0 Å². The van der Waals surface area contributed by atoms with Crippen molar-refractivity contribution in [3.05, 3.63) is 0 Å². The van der Waals surface area contributed by atoms with Crippen molar-refractivity contribution in [1.82, 2.24) is 4.90 Å². The van der Waals surface area contributed by atoms with Crippen molar-refractivity contribution in [2.45, 2.75) is 65.0 Å². The average Bonchev–Trinajstić information content (AvgIpc) is 2.31. The predicted octanol–water partition coefficient (Wildman–Crippen LogP) is 1.23. The van der Waals surface area contributed by atoms with Gasteiger partial charge in [0.05, 0.1) is 6.10 Å². The Morgan fingerprint density at radius 2 is 1.83 bits per heavy atom. The topological polar surface area (TPSA) is 81.9 Å². The molecule has 6 heteroatoms. The summed E-state index contributed by atoms with van der Waals surface area (Å²) < 4.78 is 10.9. The standard InChI is InChI=1S/C12H22N2O4/c1-7-8(9(13)15)14(12(5,6)17-7)10(16)18-11(2,3)4/h7-8H,1-6H3,(H2,13,15)/t7-,8-/m1/s1. The molecule has 0 bridgehead atoms. The summed E-state index contributed by atoms with van der Waals surface area (Å²) in [6.07, 6.45) is -1.05. The SMILES string of the molecule is C[C@H]1OC(C)(C)N(C(=O)OC(C)(C)C)[C@H]1C(N)=O. The minimum atomic E-state index is -0.915. The van der Waals surface area contributed by atoms with Gasteiger partial charge in [-0.05, 0) is 41.5 Å². The number of nitrogens with two attached hydrogens (primary N) is 1. The largest absolute Gasteiger partial charge is 0.444 e. The summed E-state index contributed by atoms with van der Waals surface area (Å²) in [4.78, 5) is 24.9. The van der Waals surface area contributed by atoms with Gasteiger partial charge in [-0.1, -0.05) is 0 Å². The lowest BCUT2D eigenvalue weighted by molar-refractivity contribution is -0.123. The van der Waals surface area contributed by atoms with Crippen molar-refractivity contribution < 1.29 is 19.1 Å². The average molecular weight is 258 g/mol. The van der Waals surface area contributed by atoms with Gasteiger partial charge in [0.25, 0.3) is 0 Å². The highest BCUT2D eigenvalue weighted by Gasteiger charge is 2.52. The molecule has 1 rings (SSSR count). The molecule has 6 nitrogen and oxygen atoms in total. The van der Waals surface area contributed by atoms with Crippen LogP contribution in [0.25, 0.3) is 0 Å². The number of primary amides is 1. The Kier molecular flexibility index (Phi) is 3.63. The Morgan fingerprint density at radius 1 is 1.33 bits per heavy atom. The fourth-order valence-electron chi connectivity index (χ4n) is 2.12. The molecule has 0 spiro atoms. The number of hydrogen-bond acceptors (Lipinski definition) is 4. The molecule has 1 aliphatic rings. The van der Waals surface area contributed by atoms with Crippen LogP contribution in [0.3, 0.4) is 0 Å². The maximum Gasteiger partial charge on any atom is 0.413 e. The third-order valence-corrected chi connectivity index (χ3v) is 2.66. The fraction of sp³-hybridized carbons (Fsp3) is 0.833. The first-order valence-electron chi connectivity index (χ1n) is 5.95. The molecule has 0 aliphatic carbocycles. The van der Waals surface area contributed by atoms with E-state index in [1.807, 2.05) is 0 Å². The molecule has 1 aliphatic heterocycles. The molecular weight excluding hydrogens is 236 g/mol. The Labute approximate surface area is 107 Å². The molecule has 0 radical (unpaired) electrons. The molecule has 0 saturated carbocycles. The minimum absolute atomic E-state index is 0.454. The lowest BCUT2D eigenvalue weighted by Gasteiger charge is -2.34. The smallest absolute Gasteiger partial charge is 0.413 e. The second kappa shape index (κ2) is 4.42. The Morgan fingerprint density at radius 3 is 2.22 bits per heavy atom. The Hall–Kier alpha value is -1.30. The summed E-state index contributed by atoms with van der Waals surface area (Å²) in [6.45, 7) is 10.4. The lowest BCUT2D eigenvalue weighted by atomic mass is 10.1. The first-order valence-corrected chi connectivity index (χ1v) is 5.95. The number of hydrogen-bond donors (Lipinski definition) is 1. The highest BCUT2D eigenvalue weighted by Crippen LogP contribution is 2.33. The van der Waals surface area contributed by atoms with E-state index in [9.17, 15) is 9.59 Å². The quantitative estimate of drug-likeness (QED) is 0.767. The number of amides is 2. The second-order valence-corrected chi connectivity index (χ2v) is 5.97. The monoisotopic (exact) mass is 258 g/mol. The van der Waals surface area contributed by atoms with Crippen LogP contribution in [0, 0.1) is 0 Å². The molecule has 2 N–H and O–H groups in total. The highest BCUT2D eigenvalue weighted by molar-refractivity contribution is 5.86. The molecule has 104 valence electrons. The van der Waals surface area contributed by atoms with Crippen molar-refractivity contribution in [2.75, 3.05) is 0 Å². The summed E-state index contributed by atoms with van der Waals surface area (Å²) in [5.74, 6) is -0.598. The maximum atomic E-state index is 12.2. The van der Waals surface area contributed by atoms with E-state index in [0.29, 0.717) is 0 Å². The van der Waals surface area contributed by atoms with Crippen LogP contribution in [0.1, 0.15) is 41.5 Å². The zero-order valence-corrected chi connectivity index (χ0v) is 11.8. The van der Waals surface area contributed by atoms with Crippen LogP contribution in [0.2, 0.25) is 0 Å². The van der Waals surface area contributed by atoms with Crippen LogP contribution >= 0.6 is 0 Å². The summed E-state index contributed by atoms with van der Waals surface area (Å²) in [5.41, 5.74) is 3.78. The predicted molar refractivity (Wildman–Crippen MR) is 65.7 cm³/mol. The molecule has 1 heterocycles. The third-order valence-electron chi connectivity index (χ3n) is 2.66. The Balaban J connectivity index is 3.01. The zero-order valence-electron chi connectivity index (χ0n) is 11.8. The molecule has 1 fully saturated rings. The van der Waals surface area contributed by atoms with Gasteiger partial charge in [0, 0.05) is 0 Å². The number of carbonyl (C=O) groups excluding carboxylic acids is 2. The molecular formula is C12H22N2O4. The van der Waals surface area contributed by atoms with Gasteiger partial charge < -0.3 is 15.2 Å². The van der Waals surface area contributed by atoms with E-state index >= 15 is 0 Å². The number of rotatable bonds is 1. The van der Waals surface area contributed by atoms with Crippen molar-refractivity contribution >= 4 is 12.0 Å². The Bertz CT molecular complexity index is 360. The molecule has 0 aromatic carbocycles. The number of carbonyl (C=O) groups is 2. The van der Waals surface area contributed by atoms with E-state index in [4.69, 9.17) is 15.2 Å². The molecule has 0 unspecified atom stereocenters. The van der Waals surface area contributed by atoms with Crippen molar-refractivity contribution in [1.29, 1.82) is 0 Å². The molecule has 18 heavy (non-hydrogen) atoms. The van der Waals surface area contributed by atoms with Gasteiger partial charge in [-0.25, -0.2) is 4.79 Å². The van der Waals surface area contributed by atoms with Gasteiger partial charge >= 0.3 is 6.09 Å². The van der Waals surface area contributed by atoms with Gasteiger partial charge in [-0.15, -0.1) is 0 Å². The summed E-state index contributed by atoms with van der Waals surface area (Å²) in [6, 6.07) is -0.810. The van der Waals surface area contributed by atoms with Crippen LogP contribution in [0.15, 0.2) is 0 Å². The van der Waals surface area contributed by atoms with Crippen LogP contribution in [0.4, 0.5) is 4.79 Å². The lowest BCUT2D eigenvalue weighted by Crippen LogP contribution is -2.54. The van der Waals surface area contributed by atoms with E-state index in [0.717, 1.165) is 0 Å². The van der Waals surface area contributed by atoms with Crippen LogP contribution in [-0.2, 0) is 14.3 Å². The first kappa shape index (κ1) is 14.8. The third kappa shape index (κ3) is 2.93. The van der Waals surface area contributed by atoms with E-state index in [2.05, 4.69) is 0 Å². The molecule has 2 atom stereocenters. The van der Waals surface area contributed by atoms with Gasteiger partial charge in [-0.3, -0.25) is 9.69 Å². The molecule has 1 saturated heterocycles. The van der Waals surface area contributed by atoms with Gasteiger partial charge in [0.15, 0.2) is 0 Å². The van der Waals surface area contributed by atoms with Gasteiger partial charge in [0.2, 0.25) is 5.91 Å². The van der Waals surface area contributed by atoms with E-state index in [1.165, 1.54) is 4.90 Å². The normalized spacial score (nSPS) is 27.1. The molecule has 0 aromatic rings. The minimum Gasteiger partial charge on any atom is -0.444 e. The van der Waals surface area contributed by atoms with Gasteiger partial charge in [0.1, 0.15) is 17.4 Å². The van der Waals surface area contributed by atoms with Crippen LogP contribution in [-0.4, -0.2) is 40.4 Å². The van der Waals surface area contributed by atoms with Gasteiger partial charge in [-0.2, -0.15) is 0 Å². The second-order valence-electron chi connectivity index (χ2n) is 5.97. The summed E-state index contributed by atoms with van der Waals surface area (Å²) >= 11 is 0. The number of nitrogens with zero attached hydrogens (tertiary/aromatic N) is 1. The maximum absolute atomic E-state index is 12.2. The van der Waals surface area contributed by atoms with Crippen LogP contribution in [0.5, 0.6) is 0 Å². The number of ether oxygens (including phenoxy) is 2. The van der Waals surface area contributed by atoms with E-state index in [1.54, 1.807) is 41.5 Å². The molecule has 0 aromatic heterocycles. The van der Waals surface area contributed by atoms with E-state index < -0.39 is 35.5 Å². The van der Waals surface area contributed by atoms with Crippen molar-refractivity contribution in [3.8, 4) is 0 Å². The fourth-order valence-corrected chi connectivity index (χ4v) is 2.12.